The van der Waals surface area contributed by atoms with Gasteiger partial charge in [-0.25, -0.2) is 4.98 Å². The van der Waals surface area contributed by atoms with Crippen molar-refractivity contribution in [1.29, 1.82) is 0 Å². The maximum atomic E-state index is 12.8. The first-order chi connectivity index (χ1) is 15.5. The molecule has 2 aromatic heterocycles. The standard InChI is InChI=1S/C25H26N4O2S/c1-4-17-6-8-19(9-7-17)23-14-29-21(15-32-25(29)28-23)13-24(31)27-22-12-20(26-16(3)30)11-10-18(22)5-2/h6-12,14-15H,4-5,13H2,1-3H3,(H,26,30)(H,27,31). The van der Waals surface area contributed by atoms with Crippen molar-refractivity contribution in [2.24, 2.45) is 0 Å². The fourth-order valence-corrected chi connectivity index (χ4v) is 4.52. The van der Waals surface area contributed by atoms with Crippen LogP contribution in [0.4, 0.5) is 11.4 Å². The molecule has 0 saturated carbocycles. The highest BCUT2D eigenvalue weighted by Crippen LogP contribution is 2.26. The molecule has 0 saturated heterocycles. The lowest BCUT2D eigenvalue weighted by Crippen LogP contribution is -2.17. The summed E-state index contributed by atoms with van der Waals surface area (Å²) in [7, 11) is 0. The Bertz CT molecular complexity index is 1270. The van der Waals surface area contributed by atoms with Crippen molar-refractivity contribution in [2.45, 2.75) is 40.0 Å². The molecule has 32 heavy (non-hydrogen) atoms. The molecule has 2 heterocycles. The lowest BCUT2D eigenvalue weighted by atomic mass is 10.1. The molecule has 0 aliphatic carbocycles. The number of benzene rings is 2. The van der Waals surface area contributed by atoms with Gasteiger partial charge in [0.25, 0.3) is 0 Å². The Labute approximate surface area is 191 Å². The van der Waals surface area contributed by atoms with Gasteiger partial charge in [0.15, 0.2) is 4.96 Å². The average Bonchev–Trinajstić information content (AvgIpc) is 3.35. The third-order valence-electron chi connectivity index (χ3n) is 5.37. The van der Waals surface area contributed by atoms with Crippen LogP contribution in [-0.2, 0) is 28.9 Å². The third kappa shape index (κ3) is 4.73. The van der Waals surface area contributed by atoms with E-state index in [2.05, 4.69) is 41.8 Å². The summed E-state index contributed by atoms with van der Waals surface area (Å²) in [6, 6.07) is 14.0. The minimum Gasteiger partial charge on any atom is -0.326 e. The second kappa shape index (κ2) is 9.36. The fraction of sp³-hybridized carbons (Fsp3) is 0.240. The number of nitrogens with one attached hydrogen (secondary N) is 2. The molecule has 0 unspecified atom stereocenters. The SMILES string of the molecule is CCc1ccc(-c2cn3c(CC(=O)Nc4cc(NC(C)=O)ccc4CC)csc3n2)cc1. The number of carbonyl (C=O) groups excluding carboxylic acids is 2. The molecule has 6 nitrogen and oxygen atoms in total. The van der Waals surface area contributed by atoms with Gasteiger partial charge in [0, 0.05) is 41.1 Å². The van der Waals surface area contributed by atoms with Gasteiger partial charge in [-0.1, -0.05) is 44.2 Å². The van der Waals surface area contributed by atoms with Crippen molar-refractivity contribution in [1.82, 2.24) is 9.38 Å². The van der Waals surface area contributed by atoms with Crippen molar-refractivity contribution < 1.29 is 9.59 Å². The Kier molecular flexibility index (Phi) is 6.37. The first kappa shape index (κ1) is 21.8. The van der Waals surface area contributed by atoms with E-state index in [1.165, 1.54) is 23.8 Å². The van der Waals surface area contributed by atoms with E-state index in [0.29, 0.717) is 5.69 Å². The molecule has 2 amide bonds. The van der Waals surface area contributed by atoms with E-state index in [-0.39, 0.29) is 18.2 Å². The predicted molar refractivity (Wildman–Crippen MR) is 130 cm³/mol. The minimum atomic E-state index is -0.146. The molecular formula is C25H26N4O2S. The number of hydrogen-bond acceptors (Lipinski definition) is 4. The summed E-state index contributed by atoms with van der Waals surface area (Å²) in [6.07, 6.45) is 4.01. The molecule has 4 aromatic rings. The summed E-state index contributed by atoms with van der Waals surface area (Å²) < 4.78 is 1.99. The minimum absolute atomic E-state index is 0.109. The molecule has 0 aliphatic heterocycles. The first-order valence-electron chi connectivity index (χ1n) is 10.7. The van der Waals surface area contributed by atoms with Gasteiger partial charge in [-0.05, 0) is 36.1 Å². The molecule has 0 bridgehead atoms. The monoisotopic (exact) mass is 446 g/mol. The average molecular weight is 447 g/mol. The van der Waals surface area contributed by atoms with Gasteiger partial charge in [-0.15, -0.1) is 11.3 Å². The highest BCUT2D eigenvalue weighted by Gasteiger charge is 2.14. The summed E-state index contributed by atoms with van der Waals surface area (Å²) in [5.74, 6) is -0.255. The van der Waals surface area contributed by atoms with Crippen LogP contribution in [0.3, 0.4) is 0 Å². The Morgan fingerprint density at radius 1 is 1.03 bits per heavy atom. The quantitative estimate of drug-likeness (QED) is 0.403. The van der Waals surface area contributed by atoms with Gasteiger partial charge in [0.05, 0.1) is 12.1 Å². The number of hydrogen-bond donors (Lipinski definition) is 2. The number of rotatable bonds is 7. The number of thiazole rings is 1. The van der Waals surface area contributed by atoms with Gasteiger partial charge in [0.1, 0.15) is 0 Å². The molecular weight excluding hydrogens is 420 g/mol. The van der Waals surface area contributed by atoms with Gasteiger partial charge < -0.3 is 10.6 Å². The maximum Gasteiger partial charge on any atom is 0.230 e. The maximum absolute atomic E-state index is 12.8. The van der Waals surface area contributed by atoms with Crippen LogP contribution in [0.15, 0.2) is 54.0 Å². The van der Waals surface area contributed by atoms with Crippen LogP contribution in [0, 0.1) is 0 Å². The molecule has 164 valence electrons. The Morgan fingerprint density at radius 3 is 2.50 bits per heavy atom. The Balaban J connectivity index is 1.53. The molecule has 0 radical (unpaired) electrons. The Morgan fingerprint density at radius 2 is 1.81 bits per heavy atom. The summed E-state index contributed by atoms with van der Waals surface area (Å²) in [5.41, 5.74) is 6.55. The number of imidazole rings is 1. The van der Waals surface area contributed by atoms with E-state index < -0.39 is 0 Å². The van der Waals surface area contributed by atoms with Gasteiger partial charge in [-0.2, -0.15) is 0 Å². The van der Waals surface area contributed by atoms with Crippen LogP contribution in [0.1, 0.15) is 37.6 Å². The number of aromatic nitrogens is 2. The van der Waals surface area contributed by atoms with E-state index in [4.69, 9.17) is 4.98 Å². The smallest absolute Gasteiger partial charge is 0.230 e. The van der Waals surface area contributed by atoms with Crippen molar-refractivity contribution >= 4 is 39.5 Å². The summed E-state index contributed by atoms with van der Waals surface area (Å²) in [4.78, 5) is 29.8. The summed E-state index contributed by atoms with van der Waals surface area (Å²) in [6.45, 7) is 5.63. The molecule has 0 spiro atoms. The van der Waals surface area contributed by atoms with E-state index in [1.54, 1.807) is 6.07 Å². The van der Waals surface area contributed by atoms with Gasteiger partial charge in [0.2, 0.25) is 11.8 Å². The highest BCUT2D eigenvalue weighted by molar-refractivity contribution is 7.15. The zero-order valence-electron chi connectivity index (χ0n) is 18.4. The van der Waals surface area contributed by atoms with Crippen LogP contribution < -0.4 is 10.6 Å². The number of carbonyl (C=O) groups is 2. The van der Waals surface area contributed by atoms with Gasteiger partial charge >= 0.3 is 0 Å². The Hall–Kier alpha value is -3.45. The second-order valence-corrected chi connectivity index (χ2v) is 8.52. The van der Waals surface area contributed by atoms with Crippen molar-refractivity contribution in [2.75, 3.05) is 10.6 Å². The number of nitrogens with zero attached hydrogens (tertiary/aromatic N) is 2. The summed E-state index contributed by atoms with van der Waals surface area (Å²) >= 11 is 1.53. The lowest BCUT2D eigenvalue weighted by molar-refractivity contribution is -0.116. The predicted octanol–water partition coefficient (Wildman–Crippen LogP) is 5.33. The number of anilines is 2. The molecule has 2 N–H and O–H groups in total. The highest BCUT2D eigenvalue weighted by atomic mass is 32.1. The molecule has 4 rings (SSSR count). The number of aryl methyl sites for hydroxylation is 2. The normalized spacial score (nSPS) is 11.0. The van der Waals surface area contributed by atoms with Crippen LogP contribution in [0.25, 0.3) is 16.2 Å². The van der Waals surface area contributed by atoms with E-state index >= 15 is 0 Å². The number of fused-ring (bicyclic) bond motifs is 1. The number of amides is 2. The topological polar surface area (TPSA) is 75.5 Å². The van der Waals surface area contributed by atoms with Crippen LogP contribution >= 0.6 is 11.3 Å². The molecule has 0 fully saturated rings. The fourth-order valence-electron chi connectivity index (χ4n) is 3.65. The third-order valence-corrected chi connectivity index (χ3v) is 6.26. The van der Waals surface area contributed by atoms with Crippen LogP contribution in [0.2, 0.25) is 0 Å². The zero-order chi connectivity index (χ0) is 22.7. The second-order valence-electron chi connectivity index (χ2n) is 7.69. The first-order valence-corrected chi connectivity index (χ1v) is 11.6. The molecule has 0 atom stereocenters. The van der Waals surface area contributed by atoms with Crippen LogP contribution in [-0.4, -0.2) is 21.2 Å². The van der Waals surface area contributed by atoms with Crippen molar-refractivity contribution in [3.05, 3.63) is 70.9 Å². The zero-order valence-corrected chi connectivity index (χ0v) is 19.3. The van der Waals surface area contributed by atoms with Crippen molar-refractivity contribution in [3.8, 4) is 11.3 Å². The van der Waals surface area contributed by atoms with E-state index in [0.717, 1.165) is 46.0 Å². The van der Waals surface area contributed by atoms with E-state index in [9.17, 15) is 9.59 Å². The molecule has 0 aliphatic rings. The van der Waals surface area contributed by atoms with Gasteiger partial charge in [-0.3, -0.25) is 14.0 Å². The van der Waals surface area contributed by atoms with Crippen molar-refractivity contribution in [3.63, 3.8) is 0 Å². The molecule has 7 heteroatoms. The molecule has 2 aromatic carbocycles. The van der Waals surface area contributed by atoms with Crippen LogP contribution in [0.5, 0.6) is 0 Å². The van der Waals surface area contributed by atoms with E-state index in [1.807, 2.05) is 35.0 Å². The summed E-state index contributed by atoms with van der Waals surface area (Å²) in [5, 5.41) is 7.75. The lowest BCUT2D eigenvalue weighted by Gasteiger charge is -2.12. The largest absolute Gasteiger partial charge is 0.326 e.